The summed E-state index contributed by atoms with van der Waals surface area (Å²) in [4.78, 5) is 20.3. The predicted octanol–water partition coefficient (Wildman–Crippen LogP) is 3.73. The number of carbonyl (C=O) groups is 1. The van der Waals surface area contributed by atoms with Gasteiger partial charge in [0.05, 0.1) is 29.5 Å². The Balaban J connectivity index is 1.23. The topological polar surface area (TPSA) is 124 Å². The number of nitrogens with zero attached hydrogens (tertiary/aromatic N) is 6. The van der Waals surface area contributed by atoms with Crippen LogP contribution in [0, 0.1) is 5.41 Å². The molecule has 224 valence electrons. The van der Waals surface area contributed by atoms with Gasteiger partial charge in [0.1, 0.15) is 10.7 Å². The molecule has 15 heteroatoms. The number of alkyl halides is 3. The van der Waals surface area contributed by atoms with E-state index in [0.29, 0.717) is 36.8 Å². The standard InChI is InChI=1S/C27H30F3N7O4S/c1-24(2)15-25-7-3-11-37-21(25)18(14-31-37)42(39,40)34-23(38)17-4-5-19(32-22(17)35(24)16-25)36-12-6-20(33-36)41-13-10-26(8-9-26)27(28,29)30/h4-6,12,14H,3,7-11,13,15-16H2,1-2H3,(H,34,38). The number of carbonyl (C=O) groups excluding carboxylic acids is 1. The lowest BCUT2D eigenvalue weighted by molar-refractivity contribution is -0.190. The van der Waals surface area contributed by atoms with E-state index in [1.807, 2.05) is 13.8 Å². The van der Waals surface area contributed by atoms with Crippen LogP contribution < -0.4 is 14.4 Å². The normalized spacial score (nSPS) is 24.9. The number of aromatic nitrogens is 5. The fourth-order valence-electron chi connectivity index (χ4n) is 7.01. The molecule has 1 amide bonds. The maximum atomic E-state index is 13.5. The maximum absolute atomic E-state index is 13.5. The monoisotopic (exact) mass is 605 g/mol. The molecular weight excluding hydrogens is 575 g/mol. The molecule has 42 heavy (non-hydrogen) atoms. The lowest BCUT2D eigenvalue weighted by atomic mass is 9.74. The van der Waals surface area contributed by atoms with Crippen LogP contribution >= 0.6 is 0 Å². The van der Waals surface area contributed by atoms with E-state index in [1.54, 1.807) is 23.0 Å². The number of anilines is 1. The molecule has 6 heterocycles. The zero-order valence-corrected chi connectivity index (χ0v) is 23.9. The Morgan fingerprint density at radius 1 is 1.14 bits per heavy atom. The molecule has 2 bridgehead atoms. The second-order valence-electron chi connectivity index (χ2n) is 12.5. The van der Waals surface area contributed by atoms with Gasteiger partial charge in [-0.2, -0.15) is 18.3 Å². The third-order valence-electron chi connectivity index (χ3n) is 9.26. The minimum atomic E-state index is -4.25. The number of halogens is 3. The highest BCUT2D eigenvalue weighted by Gasteiger charge is 2.62. The number of pyridine rings is 1. The molecule has 3 aromatic rings. The fraction of sp³-hybridized carbons (Fsp3) is 0.556. The molecule has 1 saturated heterocycles. The quantitative estimate of drug-likeness (QED) is 0.467. The summed E-state index contributed by atoms with van der Waals surface area (Å²) < 4.78 is 77.6. The summed E-state index contributed by atoms with van der Waals surface area (Å²) in [6.45, 7) is 5.02. The van der Waals surface area contributed by atoms with Gasteiger partial charge in [0.25, 0.3) is 15.9 Å². The fourth-order valence-corrected chi connectivity index (χ4v) is 8.24. The van der Waals surface area contributed by atoms with Crippen molar-refractivity contribution in [3.63, 3.8) is 0 Å². The molecule has 1 saturated carbocycles. The van der Waals surface area contributed by atoms with E-state index in [4.69, 9.17) is 9.72 Å². The third-order valence-corrected chi connectivity index (χ3v) is 10.6. The van der Waals surface area contributed by atoms with Crippen molar-refractivity contribution in [2.45, 2.75) is 80.9 Å². The van der Waals surface area contributed by atoms with E-state index in [0.717, 1.165) is 12.8 Å². The van der Waals surface area contributed by atoms with Crippen molar-refractivity contribution in [1.82, 2.24) is 29.3 Å². The van der Waals surface area contributed by atoms with Crippen molar-refractivity contribution in [1.29, 1.82) is 0 Å². The Kier molecular flexibility index (Phi) is 5.64. The molecule has 0 radical (unpaired) electrons. The van der Waals surface area contributed by atoms with Gasteiger partial charge in [-0.1, -0.05) is 0 Å². The summed E-state index contributed by atoms with van der Waals surface area (Å²) in [5.41, 5.74) is -1.94. The van der Waals surface area contributed by atoms with Crippen molar-refractivity contribution >= 4 is 21.7 Å². The van der Waals surface area contributed by atoms with Crippen LogP contribution in [0.3, 0.4) is 0 Å². The Labute approximate surface area is 240 Å². The summed E-state index contributed by atoms with van der Waals surface area (Å²) >= 11 is 0. The van der Waals surface area contributed by atoms with Crippen LogP contribution in [0.1, 0.15) is 68.4 Å². The lowest BCUT2D eigenvalue weighted by Crippen LogP contribution is -2.43. The number of aryl methyl sites for hydroxylation is 1. The summed E-state index contributed by atoms with van der Waals surface area (Å²) in [5.74, 6) is 0.0117. The minimum absolute atomic E-state index is 0.0353. The van der Waals surface area contributed by atoms with Gasteiger partial charge >= 0.3 is 6.18 Å². The first-order chi connectivity index (χ1) is 19.7. The molecule has 1 N–H and O–H groups in total. The smallest absolute Gasteiger partial charge is 0.394 e. The first kappa shape index (κ1) is 27.2. The van der Waals surface area contributed by atoms with Crippen molar-refractivity contribution in [2.75, 3.05) is 18.1 Å². The Morgan fingerprint density at radius 3 is 2.67 bits per heavy atom. The van der Waals surface area contributed by atoms with E-state index in [2.05, 4.69) is 19.8 Å². The van der Waals surface area contributed by atoms with Crippen LogP contribution in [0.4, 0.5) is 19.0 Å². The predicted molar refractivity (Wildman–Crippen MR) is 143 cm³/mol. The molecule has 1 aliphatic carbocycles. The van der Waals surface area contributed by atoms with Gasteiger partial charge in [0, 0.05) is 36.3 Å². The van der Waals surface area contributed by atoms with E-state index in [9.17, 15) is 26.4 Å². The van der Waals surface area contributed by atoms with Crippen molar-refractivity contribution < 1.29 is 31.1 Å². The largest absolute Gasteiger partial charge is 0.477 e. The molecule has 11 nitrogen and oxygen atoms in total. The van der Waals surface area contributed by atoms with Crippen molar-refractivity contribution in [3.8, 4) is 11.7 Å². The number of hydrogen-bond acceptors (Lipinski definition) is 8. The third kappa shape index (κ3) is 4.10. The van der Waals surface area contributed by atoms with Crippen LogP contribution in [-0.4, -0.2) is 63.7 Å². The summed E-state index contributed by atoms with van der Waals surface area (Å²) in [5, 5.41) is 8.71. The number of amides is 1. The van der Waals surface area contributed by atoms with Gasteiger partial charge in [0.2, 0.25) is 5.88 Å². The van der Waals surface area contributed by atoms with Gasteiger partial charge in [0.15, 0.2) is 5.82 Å². The first-order valence-electron chi connectivity index (χ1n) is 13.9. The molecule has 1 unspecified atom stereocenters. The van der Waals surface area contributed by atoms with Crippen LogP contribution in [-0.2, 0) is 22.0 Å². The number of sulfonamides is 1. The number of fused-ring (bicyclic) bond motifs is 3. The molecule has 3 aromatic heterocycles. The van der Waals surface area contributed by atoms with Crippen LogP contribution in [0.25, 0.3) is 5.82 Å². The van der Waals surface area contributed by atoms with Gasteiger partial charge in [-0.25, -0.2) is 22.8 Å². The molecule has 4 aliphatic rings. The molecule has 2 fully saturated rings. The van der Waals surface area contributed by atoms with E-state index in [-0.39, 0.29) is 42.2 Å². The summed E-state index contributed by atoms with van der Waals surface area (Å²) in [7, 11) is -4.21. The average molecular weight is 606 g/mol. The molecule has 3 aliphatic heterocycles. The number of hydrogen-bond donors (Lipinski definition) is 1. The maximum Gasteiger partial charge on any atom is 0.394 e. The zero-order valence-electron chi connectivity index (χ0n) is 23.1. The van der Waals surface area contributed by atoms with Crippen LogP contribution in [0.2, 0.25) is 0 Å². The minimum Gasteiger partial charge on any atom is -0.477 e. The zero-order chi connectivity index (χ0) is 29.7. The molecule has 1 atom stereocenters. The lowest BCUT2D eigenvalue weighted by Gasteiger charge is -2.35. The average Bonchev–Trinajstić information content (AvgIpc) is 3.24. The number of nitrogens with one attached hydrogen (secondary N) is 1. The molecule has 7 rings (SSSR count). The second-order valence-corrected chi connectivity index (χ2v) is 14.1. The van der Waals surface area contributed by atoms with Crippen molar-refractivity contribution in [3.05, 3.63) is 41.9 Å². The van der Waals surface area contributed by atoms with E-state index in [1.165, 1.54) is 16.9 Å². The highest BCUT2D eigenvalue weighted by molar-refractivity contribution is 7.90. The van der Waals surface area contributed by atoms with Gasteiger partial charge in [-0.15, -0.1) is 5.10 Å². The van der Waals surface area contributed by atoms with Gasteiger partial charge in [-0.3, -0.25) is 9.48 Å². The van der Waals surface area contributed by atoms with Gasteiger partial charge in [-0.05, 0) is 64.5 Å². The first-order valence-corrected chi connectivity index (χ1v) is 15.4. The molecular formula is C27H30F3N7O4S. The Morgan fingerprint density at radius 2 is 1.93 bits per heavy atom. The highest BCUT2D eigenvalue weighted by atomic mass is 32.2. The van der Waals surface area contributed by atoms with Crippen LogP contribution in [0.15, 0.2) is 35.5 Å². The number of ether oxygens (including phenoxy) is 1. The van der Waals surface area contributed by atoms with Crippen LogP contribution in [0.5, 0.6) is 5.88 Å². The second kappa shape index (κ2) is 8.71. The van der Waals surface area contributed by atoms with Crippen molar-refractivity contribution in [2.24, 2.45) is 5.41 Å². The summed E-state index contributed by atoms with van der Waals surface area (Å²) in [6.07, 6.45) is 0.990. The molecule has 1 spiro atoms. The number of rotatable bonds is 5. The Hall–Kier alpha value is -3.62. The molecule has 0 aromatic carbocycles. The van der Waals surface area contributed by atoms with Gasteiger partial charge < -0.3 is 9.64 Å². The SMILES string of the molecule is CC1(C)CC23CCCn4ncc(c42)S(=O)(=O)NC(=O)c2ccc(-n4ccc(OCCC5(C(F)(F)F)CC5)n4)nc2N1C3. The summed E-state index contributed by atoms with van der Waals surface area (Å²) in [6, 6.07) is 4.59. The van der Waals surface area contributed by atoms with E-state index >= 15 is 0 Å². The Bertz CT molecular complexity index is 1710. The highest BCUT2D eigenvalue weighted by Crippen LogP contribution is 2.60. The van der Waals surface area contributed by atoms with E-state index < -0.39 is 38.5 Å².